The predicted molar refractivity (Wildman–Crippen MR) is 125 cm³/mol. The zero-order chi connectivity index (χ0) is 21.6. The number of aromatic nitrogens is 1. The molecule has 2 heterocycles. The first-order chi connectivity index (χ1) is 14.4. The van der Waals surface area contributed by atoms with Crippen LogP contribution < -0.4 is 10.6 Å². The number of sulfonamides is 1. The molecule has 1 aliphatic heterocycles. The molecule has 0 atom stereocenters. The minimum atomic E-state index is -3.10. The van der Waals surface area contributed by atoms with Gasteiger partial charge in [0.15, 0.2) is 5.96 Å². The Hall–Kier alpha value is -2.06. The van der Waals surface area contributed by atoms with Crippen molar-refractivity contribution in [2.75, 3.05) is 31.9 Å². The Morgan fingerprint density at radius 3 is 2.73 bits per heavy atom. The zero-order valence-corrected chi connectivity index (χ0v) is 19.2. The second-order valence-corrected chi connectivity index (χ2v) is 10.0. The third kappa shape index (κ3) is 5.55. The second-order valence-electron chi connectivity index (χ2n) is 7.96. The van der Waals surface area contributed by atoms with E-state index in [-0.39, 0.29) is 11.8 Å². The monoisotopic (exact) mass is 433 g/mol. The SMILES string of the molecule is CCCS(=O)(=O)N1CCC(NC(=NCCc2c[nH]c3c(C)cccc23)NCC)CC1. The highest BCUT2D eigenvalue weighted by Gasteiger charge is 2.27. The summed E-state index contributed by atoms with van der Waals surface area (Å²) in [7, 11) is -3.10. The largest absolute Gasteiger partial charge is 0.361 e. The van der Waals surface area contributed by atoms with Crippen LogP contribution in [-0.2, 0) is 16.4 Å². The molecule has 0 amide bonds. The maximum absolute atomic E-state index is 12.3. The molecule has 1 fully saturated rings. The van der Waals surface area contributed by atoms with Crippen molar-refractivity contribution in [3.8, 4) is 0 Å². The Morgan fingerprint density at radius 2 is 2.03 bits per heavy atom. The Bertz CT molecular complexity index is 959. The molecule has 1 saturated heterocycles. The van der Waals surface area contributed by atoms with Crippen molar-refractivity contribution in [1.82, 2.24) is 19.9 Å². The van der Waals surface area contributed by atoms with Crippen molar-refractivity contribution < 1.29 is 8.42 Å². The van der Waals surface area contributed by atoms with E-state index in [1.54, 1.807) is 4.31 Å². The Kier molecular flexibility index (Phi) is 7.77. The second kappa shape index (κ2) is 10.3. The van der Waals surface area contributed by atoms with Crippen molar-refractivity contribution in [1.29, 1.82) is 0 Å². The number of H-pyrrole nitrogens is 1. The van der Waals surface area contributed by atoms with Crippen molar-refractivity contribution in [2.24, 2.45) is 4.99 Å². The van der Waals surface area contributed by atoms with Gasteiger partial charge in [-0.1, -0.05) is 25.1 Å². The lowest BCUT2D eigenvalue weighted by molar-refractivity contribution is 0.306. The average Bonchev–Trinajstić information content (AvgIpc) is 3.13. The summed E-state index contributed by atoms with van der Waals surface area (Å²) in [4.78, 5) is 8.13. The number of nitrogens with one attached hydrogen (secondary N) is 3. The van der Waals surface area contributed by atoms with Gasteiger partial charge in [0.25, 0.3) is 0 Å². The van der Waals surface area contributed by atoms with Gasteiger partial charge in [0.05, 0.1) is 5.75 Å². The van der Waals surface area contributed by atoms with E-state index in [9.17, 15) is 8.42 Å². The van der Waals surface area contributed by atoms with Gasteiger partial charge in [-0.25, -0.2) is 12.7 Å². The third-order valence-corrected chi connectivity index (χ3v) is 7.73. The molecule has 3 rings (SSSR count). The fraction of sp³-hybridized carbons (Fsp3) is 0.591. The predicted octanol–water partition coefficient (Wildman–Crippen LogP) is 2.78. The fourth-order valence-electron chi connectivity index (χ4n) is 4.04. The van der Waals surface area contributed by atoms with Crippen LogP contribution in [0.4, 0.5) is 0 Å². The first kappa shape index (κ1) is 22.6. The van der Waals surface area contributed by atoms with Crippen molar-refractivity contribution in [3.05, 3.63) is 35.5 Å². The van der Waals surface area contributed by atoms with Crippen molar-refractivity contribution in [3.63, 3.8) is 0 Å². The number of para-hydroxylation sites is 1. The van der Waals surface area contributed by atoms with E-state index in [2.05, 4.69) is 53.9 Å². The van der Waals surface area contributed by atoms with Gasteiger partial charge in [-0.15, -0.1) is 0 Å². The number of aliphatic imine (C=N–C) groups is 1. The molecule has 2 aromatic rings. The summed E-state index contributed by atoms with van der Waals surface area (Å²) in [6.07, 6.45) is 5.21. The average molecular weight is 434 g/mol. The lowest BCUT2D eigenvalue weighted by atomic mass is 10.1. The van der Waals surface area contributed by atoms with Crippen LogP contribution in [-0.4, -0.2) is 61.6 Å². The summed E-state index contributed by atoms with van der Waals surface area (Å²) < 4.78 is 26.1. The number of guanidine groups is 1. The van der Waals surface area contributed by atoms with Gasteiger partial charge in [0.2, 0.25) is 10.0 Å². The lowest BCUT2D eigenvalue weighted by Gasteiger charge is -2.32. The Balaban J connectivity index is 1.55. The minimum absolute atomic E-state index is 0.239. The maximum atomic E-state index is 12.3. The van der Waals surface area contributed by atoms with E-state index in [0.29, 0.717) is 26.1 Å². The number of rotatable bonds is 8. The normalized spacial score (nSPS) is 16.8. The number of hydrogen-bond donors (Lipinski definition) is 3. The van der Waals surface area contributed by atoms with Gasteiger partial charge in [-0.2, -0.15) is 0 Å². The van der Waals surface area contributed by atoms with Crippen LogP contribution in [0.25, 0.3) is 10.9 Å². The molecule has 166 valence electrons. The Morgan fingerprint density at radius 1 is 1.27 bits per heavy atom. The van der Waals surface area contributed by atoms with Gasteiger partial charge < -0.3 is 15.6 Å². The van der Waals surface area contributed by atoms with Crippen LogP contribution in [0.3, 0.4) is 0 Å². The minimum Gasteiger partial charge on any atom is -0.361 e. The molecule has 1 aromatic heterocycles. The fourth-order valence-corrected chi connectivity index (χ4v) is 5.58. The molecule has 0 saturated carbocycles. The first-order valence-corrected chi connectivity index (χ1v) is 12.6. The molecule has 30 heavy (non-hydrogen) atoms. The number of hydrogen-bond acceptors (Lipinski definition) is 3. The van der Waals surface area contributed by atoms with E-state index in [4.69, 9.17) is 4.99 Å². The molecule has 8 heteroatoms. The highest BCUT2D eigenvalue weighted by atomic mass is 32.2. The summed E-state index contributed by atoms with van der Waals surface area (Å²) in [6, 6.07) is 6.61. The van der Waals surface area contributed by atoms with Gasteiger partial charge >= 0.3 is 0 Å². The van der Waals surface area contributed by atoms with Crippen LogP contribution in [0, 0.1) is 6.92 Å². The molecule has 1 aliphatic rings. The molecule has 0 spiro atoms. The van der Waals surface area contributed by atoms with Gasteiger partial charge in [-0.05, 0) is 50.7 Å². The summed E-state index contributed by atoms with van der Waals surface area (Å²) in [5.74, 6) is 1.05. The molecule has 0 radical (unpaired) electrons. The number of fused-ring (bicyclic) bond motifs is 1. The topological polar surface area (TPSA) is 89.6 Å². The summed E-state index contributed by atoms with van der Waals surface area (Å²) in [6.45, 7) is 8.72. The van der Waals surface area contributed by atoms with Crippen LogP contribution in [0.5, 0.6) is 0 Å². The number of aromatic amines is 1. The van der Waals surface area contributed by atoms with E-state index in [1.165, 1.54) is 22.0 Å². The third-order valence-electron chi connectivity index (χ3n) is 5.65. The number of aryl methyl sites for hydroxylation is 1. The lowest BCUT2D eigenvalue weighted by Crippen LogP contribution is -2.50. The van der Waals surface area contributed by atoms with E-state index in [1.807, 2.05) is 6.92 Å². The molecule has 7 nitrogen and oxygen atoms in total. The van der Waals surface area contributed by atoms with E-state index < -0.39 is 10.0 Å². The number of benzene rings is 1. The van der Waals surface area contributed by atoms with Gasteiger partial charge in [0, 0.05) is 49.3 Å². The summed E-state index contributed by atoms with van der Waals surface area (Å²) >= 11 is 0. The van der Waals surface area contributed by atoms with E-state index in [0.717, 1.165) is 31.8 Å². The maximum Gasteiger partial charge on any atom is 0.214 e. The number of nitrogens with zero attached hydrogens (tertiary/aromatic N) is 2. The highest BCUT2D eigenvalue weighted by molar-refractivity contribution is 7.89. The molecule has 0 unspecified atom stereocenters. The van der Waals surface area contributed by atoms with Gasteiger partial charge in [0.1, 0.15) is 0 Å². The van der Waals surface area contributed by atoms with Crippen LogP contribution in [0.15, 0.2) is 29.4 Å². The highest BCUT2D eigenvalue weighted by Crippen LogP contribution is 2.21. The Labute approximate surface area is 180 Å². The molecular formula is C22H35N5O2S. The number of piperidine rings is 1. The van der Waals surface area contributed by atoms with E-state index >= 15 is 0 Å². The van der Waals surface area contributed by atoms with Crippen LogP contribution in [0.2, 0.25) is 0 Å². The molecule has 3 N–H and O–H groups in total. The molecule has 0 bridgehead atoms. The zero-order valence-electron chi connectivity index (χ0n) is 18.4. The quantitative estimate of drug-likeness (QED) is 0.441. The summed E-state index contributed by atoms with van der Waals surface area (Å²) in [5.41, 5.74) is 3.73. The smallest absolute Gasteiger partial charge is 0.214 e. The molecule has 0 aliphatic carbocycles. The molecule has 1 aromatic carbocycles. The summed E-state index contributed by atoms with van der Waals surface area (Å²) in [5, 5.41) is 8.08. The van der Waals surface area contributed by atoms with Crippen LogP contribution in [0.1, 0.15) is 44.2 Å². The van der Waals surface area contributed by atoms with Crippen LogP contribution >= 0.6 is 0 Å². The van der Waals surface area contributed by atoms with Gasteiger partial charge in [-0.3, -0.25) is 4.99 Å². The molecular weight excluding hydrogens is 398 g/mol. The standard InChI is InChI=1S/C22H35N5O2S/c1-4-15-30(28,29)27-13-10-19(11-14-27)26-22(23-5-2)24-12-9-18-16-25-21-17(3)7-6-8-20(18)21/h6-8,16,19,25H,4-5,9-15H2,1-3H3,(H2,23,24,26). The first-order valence-electron chi connectivity index (χ1n) is 11.0. The van der Waals surface area contributed by atoms with Crippen molar-refractivity contribution in [2.45, 2.75) is 52.5 Å². The van der Waals surface area contributed by atoms with Crippen molar-refractivity contribution >= 4 is 26.9 Å².